The topological polar surface area (TPSA) is 110 Å². The van der Waals surface area contributed by atoms with Gasteiger partial charge in [0, 0.05) is 35.4 Å². The third kappa shape index (κ3) is 5.59. The fourth-order valence-electron chi connectivity index (χ4n) is 4.77. The van der Waals surface area contributed by atoms with Crippen molar-refractivity contribution in [3.63, 3.8) is 0 Å². The minimum atomic E-state index is -0.778. The Balaban J connectivity index is 1.43. The number of unbranched alkanes of at least 4 members (excludes halogenated alkanes) is 1. The van der Waals surface area contributed by atoms with E-state index in [-0.39, 0.29) is 18.6 Å². The van der Waals surface area contributed by atoms with Crippen LogP contribution in [-0.2, 0) is 4.74 Å². The number of carbonyl (C=O) groups excluding carboxylic acids is 2. The molecule has 0 unspecified atom stereocenters. The first kappa shape index (κ1) is 25.2. The molecule has 1 aliphatic rings. The summed E-state index contributed by atoms with van der Waals surface area (Å²) in [6.07, 6.45) is 3.27. The Morgan fingerprint density at radius 3 is 2.74 bits per heavy atom. The molecule has 1 aliphatic heterocycles. The average Bonchev–Trinajstić information content (AvgIpc) is 3.32. The van der Waals surface area contributed by atoms with Gasteiger partial charge in [0.2, 0.25) is 0 Å². The highest BCUT2D eigenvalue weighted by molar-refractivity contribution is 6.08. The molecule has 0 saturated carbocycles. The van der Waals surface area contributed by atoms with Crippen LogP contribution in [0.25, 0.3) is 22.0 Å². The number of amides is 2. The number of anilines is 2. The van der Waals surface area contributed by atoms with Crippen LogP contribution in [0.15, 0.2) is 72.9 Å². The number of primary amides is 1. The number of benzene rings is 3. The number of H-pyrrole nitrogens is 1. The Labute approximate surface area is 221 Å². The summed E-state index contributed by atoms with van der Waals surface area (Å²) >= 11 is 0. The zero-order valence-corrected chi connectivity index (χ0v) is 21.4. The Kier molecular flexibility index (Phi) is 7.49. The molecular formula is C30H32N4O4. The molecule has 0 fully saturated rings. The lowest BCUT2D eigenvalue weighted by atomic mass is 10.0. The number of aromatic nitrogens is 1. The van der Waals surface area contributed by atoms with Crippen LogP contribution in [0.5, 0.6) is 5.75 Å². The average molecular weight is 513 g/mol. The molecule has 3 aromatic carbocycles. The molecule has 196 valence electrons. The second-order valence-electron chi connectivity index (χ2n) is 9.52. The van der Waals surface area contributed by atoms with E-state index in [0.29, 0.717) is 37.3 Å². The maximum Gasteiger partial charge on any atom is 0.404 e. The van der Waals surface area contributed by atoms with Gasteiger partial charge in [-0.25, -0.2) is 4.79 Å². The minimum absolute atomic E-state index is 0.0688. The van der Waals surface area contributed by atoms with E-state index in [4.69, 9.17) is 15.2 Å². The smallest absolute Gasteiger partial charge is 0.404 e. The lowest BCUT2D eigenvalue weighted by Gasteiger charge is -2.23. The van der Waals surface area contributed by atoms with Crippen molar-refractivity contribution in [1.29, 1.82) is 0 Å². The molecule has 1 aromatic heterocycles. The van der Waals surface area contributed by atoms with Crippen molar-refractivity contribution in [2.75, 3.05) is 30.0 Å². The lowest BCUT2D eigenvalue weighted by Crippen LogP contribution is -2.32. The first-order valence-electron chi connectivity index (χ1n) is 12.9. The number of hydrogen-bond donors (Lipinski definition) is 3. The molecule has 0 aliphatic carbocycles. The SMILES string of the molecule is C[C@H]1CCN(C(=O)c2ccc(-c3ccc4[nH]ccc4c3)c(OCCCCOC(N)=O)c2)c2ccccc2N1. The first-order valence-corrected chi connectivity index (χ1v) is 12.9. The molecule has 8 heteroatoms. The fourth-order valence-corrected chi connectivity index (χ4v) is 4.77. The lowest BCUT2D eigenvalue weighted by molar-refractivity contribution is 0.0986. The zero-order chi connectivity index (χ0) is 26.5. The maximum absolute atomic E-state index is 13.8. The Morgan fingerprint density at radius 2 is 1.87 bits per heavy atom. The molecule has 0 radical (unpaired) electrons. The van der Waals surface area contributed by atoms with E-state index in [1.165, 1.54) is 0 Å². The highest BCUT2D eigenvalue weighted by Crippen LogP contribution is 2.35. The summed E-state index contributed by atoms with van der Waals surface area (Å²) in [6.45, 7) is 3.40. The zero-order valence-electron chi connectivity index (χ0n) is 21.4. The summed E-state index contributed by atoms with van der Waals surface area (Å²) < 4.78 is 11.0. The molecule has 4 aromatic rings. The number of carbonyl (C=O) groups is 2. The van der Waals surface area contributed by atoms with E-state index in [2.05, 4.69) is 23.3 Å². The summed E-state index contributed by atoms with van der Waals surface area (Å²) in [5.74, 6) is 0.567. The predicted octanol–water partition coefficient (Wildman–Crippen LogP) is 5.94. The molecule has 2 heterocycles. The van der Waals surface area contributed by atoms with Crippen LogP contribution in [-0.4, -0.2) is 42.8 Å². The molecule has 8 nitrogen and oxygen atoms in total. The number of ether oxygens (including phenoxy) is 2. The van der Waals surface area contributed by atoms with Crippen molar-refractivity contribution < 1.29 is 19.1 Å². The van der Waals surface area contributed by atoms with Gasteiger partial charge in [-0.05, 0) is 85.7 Å². The molecule has 0 saturated heterocycles. The Hall–Kier alpha value is -4.46. The fraction of sp³-hybridized carbons (Fsp3) is 0.267. The van der Waals surface area contributed by atoms with Crippen molar-refractivity contribution in [1.82, 2.24) is 4.98 Å². The number of para-hydroxylation sites is 2. The molecular weight excluding hydrogens is 480 g/mol. The molecule has 38 heavy (non-hydrogen) atoms. The number of nitrogens with two attached hydrogens (primary N) is 1. The van der Waals surface area contributed by atoms with E-state index in [1.807, 2.05) is 71.8 Å². The van der Waals surface area contributed by atoms with E-state index in [1.54, 1.807) is 0 Å². The summed E-state index contributed by atoms with van der Waals surface area (Å²) in [4.78, 5) is 29.7. The third-order valence-electron chi connectivity index (χ3n) is 6.76. The Bertz CT molecular complexity index is 1450. The molecule has 2 amide bonds. The van der Waals surface area contributed by atoms with Crippen LogP contribution in [0, 0.1) is 0 Å². The van der Waals surface area contributed by atoms with Crippen molar-refractivity contribution in [3.8, 4) is 16.9 Å². The largest absolute Gasteiger partial charge is 0.493 e. The quantitative estimate of drug-likeness (QED) is 0.253. The van der Waals surface area contributed by atoms with Gasteiger partial charge in [0.25, 0.3) is 5.91 Å². The van der Waals surface area contributed by atoms with E-state index in [0.717, 1.165) is 39.8 Å². The summed E-state index contributed by atoms with van der Waals surface area (Å²) in [5.41, 5.74) is 10.4. The van der Waals surface area contributed by atoms with Crippen LogP contribution < -0.4 is 20.7 Å². The minimum Gasteiger partial charge on any atom is -0.493 e. The number of nitrogens with zero attached hydrogens (tertiary/aromatic N) is 1. The van der Waals surface area contributed by atoms with Gasteiger partial charge in [-0.3, -0.25) is 4.79 Å². The number of rotatable bonds is 8. The number of aromatic amines is 1. The van der Waals surface area contributed by atoms with Crippen molar-refractivity contribution in [2.24, 2.45) is 5.73 Å². The summed E-state index contributed by atoms with van der Waals surface area (Å²) in [5, 5.41) is 4.60. The van der Waals surface area contributed by atoms with E-state index in [9.17, 15) is 9.59 Å². The molecule has 0 bridgehead atoms. The Morgan fingerprint density at radius 1 is 1.03 bits per heavy atom. The van der Waals surface area contributed by atoms with Gasteiger partial charge in [0.15, 0.2) is 0 Å². The predicted molar refractivity (Wildman–Crippen MR) is 150 cm³/mol. The van der Waals surface area contributed by atoms with Gasteiger partial charge >= 0.3 is 6.09 Å². The number of fused-ring (bicyclic) bond motifs is 2. The number of nitrogens with one attached hydrogen (secondary N) is 2. The van der Waals surface area contributed by atoms with E-state index < -0.39 is 6.09 Å². The van der Waals surface area contributed by atoms with Crippen LogP contribution in [0.2, 0.25) is 0 Å². The monoisotopic (exact) mass is 512 g/mol. The van der Waals surface area contributed by atoms with Crippen molar-refractivity contribution in [2.45, 2.75) is 32.2 Å². The molecule has 5 rings (SSSR count). The van der Waals surface area contributed by atoms with Crippen LogP contribution in [0.4, 0.5) is 16.2 Å². The van der Waals surface area contributed by atoms with Crippen LogP contribution in [0.1, 0.15) is 36.5 Å². The molecule has 4 N–H and O–H groups in total. The highest BCUT2D eigenvalue weighted by Gasteiger charge is 2.25. The van der Waals surface area contributed by atoms with Crippen molar-refractivity contribution >= 4 is 34.3 Å². The van der Waals surface area contributed by atoms with Gasteiger partial charge in [-0.2, -0.15) is 0 Å². The highest BCUT2D eigenvalue weighted by atomic mass is 16.5. The third-order valence-corrected chi connectivity index (χ3v) is 6.76. The van der Waals surface area contributed by atoms with Crippen molar-refractivity contribution in [3.05, 3.63) is 78.5 Å². The van der Waals surface area contributed by atoms with Gasteiger partial charge in [0.05, 0.1) is 24.6 Å². The first-order chi connectivity index (χ1) is 18.5. The molecule has 0 spiro atoms. The normalized spacial score (nSPS) is 14.9. The van der Waals surface area contributed by atoms with Gasteiger partial charge in [-0.1, -0.05) is 18.2 Å². The molecule has 1 atom stereocenters. The summed E-state index contributed by atoms with van der Waals surface area (Å²) in [7, 11) is 0. The van der Waals surface area contributed by atoms with E-state index >= 15 is 0 Å². The summed E-state index contributed by atoms with van der Waals surface area (Å²) in [6, 6.07) is 22.1. The standard InChI is InChI=1S/C30H32N4O4/c1-20-13-15-34(27-7-3-2-6-26(27)33-20)29(35)23-8-10-24(21-9-11-25-22(18-21)12-14-32-25)28(19-23)37-16-4-5-17-38-30(31)36/h2-3,6-12,14,18-20,32-33H,4-5,13,15-17H2,1H3,(H2,31,36)/t20-/m0/s1. The second-order valence-corrected chi connectivity index (χ2v) is 9.52. The van der Waals surface area contributed by atoms with Gasteiger partial charge in [0.1, 0.15) is 5.75 Å². The van der Waals surface area contributed by atoms with Gasteiger partial charge < -0.3 is 30.4 Å². The van der Waals surface area contributed by atoms with Gasteiger partial charge in [-0.15, -0.1) is 0 Å². The number of hydrogen-bond acceptors (Lipinski definition) is 5. The second kappa shape index (κ2) is 11.3. The van der Waals surface area contributed by atoms with Crippen LogP contribution in [0.3, 0.4) is 0 Å². The maximum atomic E-state index is 13.8. The van der Waals surface area contributed by atoms with Crippen LogP contribution >= 0.6 is 0 Å².